The van der Waals surface area contributed by atoms with Gasteiger partial charge >= 0.3 is 0 Å². The molecule has 0 bridgehead atoms. The summed E-state index contributed by atoms with van der Waals surface area (Å²) >= 11 is 22.6. The summed E-state index contributed by atoms with van der Waals surface area (Å²) in [7, 11) is 0. The maximum Gasteiger partial charge on any atom is 0.0657 e. The molecule has 0 nitrogen and oxygen atoms in total. The van der Waals surface area contributed by atoms with Crippen molar-refractivity contribution in [2.75, 3.05) is 25.0 Å². The van der Waals surface area contributed by atoms with E-state index in [1.807, 2.05) is 141 Å². The van der Waals surface area contributed by atoms with E-state index < -0.39 is 0 Å². The van der Waals surface area contributed by atoms with E-state index in [9.17, 15) is 0 Å². The van der Waals surface area contributed by atoms with E-state index in [-0.39, 0.29) is 0 Å². The fourth-order valence-electron chi connectivity index (χ4n) is 7.57. The summed E-state index contributed by atoms with van der Waals surface area (Å²) in [6.07, 6.45) is 13.5. The average molecular weight is 970 g/mol. The van der Waals surface area contributed by atoms with Crippen molar-refractivity contribution in [3.8, 4) is 0 Å². The summed E-state index contributed by atoms with van der Waals surface area (Å²) in [5.74, 6) is 0. The van der Waals surface area contributed by atoms with Gasteiger partial charge in [-0.3, -0.25) is 0 Å². The summed E-state index contributed by atoms with van der Waals surface area (Å²) < 4.78 is 11.0. The van der Waals surface area contributed by atoms with Crippen LogP contribution in [-0.4, -0.2) is 25.0 Å². The highest BCUT2D eigenvalue weighted by Crippen LogP contribution is 2.58. The van der Waals surface area contributed by atoms with E-state index in [4.69, 9.17) is 0 Å². The third-order valence-corrected chi connectivity index (χ3v) is 24.7. The van der Waals surface area contributed by atoms with Crippen LogP contribution in [0, 0.1) is 0 Å². The summed E-state index contributed by atoms with van der Waals surface area (Å²) in [4.78, 5) is 0. The molecule has 6 aromatic carbocycles. The highest BCUT2D eigenvalue weighted by molar-refractivity contribution is 8.46. The maximum absolute atomic E-state index is 2.45. The van der Waals surface area contributed by atoms with Crippen molar-refractivity contribution in [2.24, 2.45) is 0 Å². The van der Waals surface area contributed by atoms with Gasteiger partial charge in [0.05, 0.1) is 33.9 Å². The largest absolute Gasteiger partial charge is 0.121 e. The van der Waals surface area contributed by atoms with Gasteiger partial charge in [-0.1, -0.05) is 179 Å². The first-order valence-electron chi connectivity index (χ1n) is 18.0. The van der Waals surface area contributed by atoms with Gasteiger partial charge in [-0.25, -0.2) is 0 Å². The summed E-state index contributed by atoms with van der Waals surface area (Å²) in [5.41, 5.74) is 2.41. The van der Waals surface area contributed by atoms with Crippen LogP contribution in [0.4, 0.5) is 0 Å². The minimum absolute atomic E-state index is 1.20. The molecule has 4 heterocycles. The van der Waals surface area contributed by atoms with Crippen molar-refractivity contribution in [1.29, 1.82) is 0 Å². The monoisotopic (exact) mass is 968 g/mol. The Kier molecular flexibility index (Phi) is 12.6. The predicted octanol–water partition coefficient (Wildman–Crippen LogP) is 15.3. The molecule has 0 unspecified atom stereocenters. The Bertz CT molecular complexity index is 3120. The fraction of sp³-hybridized carbons (Fsp3) is 0.0870. The first-order valence-corrected chi connectivity index (χ1v) is 29.7. The molecule has 6 aromatic rings. The van der Waals surface area contributed by atoms with Crippen LogP contribution >= 0.6 is 141 Å². The molecule has 288 valence electrons. The van der Waals surface area contributed by atoms with Gasteiger partial charge in [0.2, 0.25) is 0 Å². The number of hydrogen-bond donors (Lipinski definition) is 0. The number of thioether (sulfide) groups is 12. The maximum atomic E-state index is 2.45. The molecule has 0 aromatic heterocycles. The number of benzene rings is 6. The molecule has 0 amide bonds. The Balaban J connectivity index is 1.19. The van der Waals surface area contributed by atoms with Gasteiger partial charge in [0.15, 0.2) is 0 Å². The van der Waals surface area contributed by atoms with Crippen LogP contribution in [0.5, 0.6) is 0 Å². The van der Waals surface area contributed by atoms with Crippen molar-refractivity contribution in [1.82, 2.24) is 0 Å². The van der Waals surface area contributed by atoms with Crippen molar-refractivity contribution >= 4 is 213 Å². The van der Waals surface area contributed by atoms with Crippen molar-refractivity contribution < 1.29 is 0 Å². The summed E-state index contributed by atoms with van der Waals surface area (Å²) in [5, 5.41) is 24.8. The molecule has 0 N–H and O–H groups in total. The quantitative estimate of drug-likeness (QED) is 0.115. The molecule has 58 heavy (non-hydrogen) atoms. The van der Waals surface area contributed by atoms with Gasteiger partial charge in [0.1, 0.15) is 0 Å². The van der Waals surface area contributed by atoms with Crippen molar-refractivity contribution in [2.45, 2.75) is 0 Å². The van der Waals surface area contributed by atoms with Gasteiger partial charge in [0.25, 0.3) is 0 Å². The molecule has 10 rings (SSSR count). The summed E-state index contributed by atoms with van der Waals surface area (Å²) in [6.45, 7) is 0. The number of hydrogen-bond acceptors (Lipinski definition) is 12. The molecular formula is C46H32S12. The summed E-state index contributed by atoms with van der Waals surface area (Å²) in [6, 6.07) is 32.4. The molecular weight excluding hydrogens is 937 g/mol. The lowest BCUT2D eigenvalue weighted by Crippen LogP contribution is -2.17. The molecule has 4 aliphatic heterocycles. The van der Waals surface area contributed by atoms with Crippen LogP contribution in [0.3, 0.4) is 0 Å². The number of fused-ring (bicyclic) bond motifs is 4. The second-order valence-electron chi connectivity index (χ2n) is 13.1. The van der Waals surface area contributed by atoms with E-state index in [2.05, 4.69) is 144 Å². The third kappa shape index (κ3) is 7.44. The molecule has 0 saturated carbocycles. The Hall–Kier alpha value is -1.26. The zero-order valence-corrected chi connectivity index (χ0v) is 41.2. The SMILES string of the molecule is CSC1=C(SC)SC(=c2c3ccccc3c(=C3SC(SC)=C(SC)S3)c3cc(/C=C/c4ccc5c(=C6SC=CS6)c6ccccc6c(=C6SC=CS6)c5c4)ccc23)S1. The second-order valence-corrected chi connectivity index (χ2v) is 26.2. The molecule has 0 aliphatic carbocycles. The van der Waals surface area contributed by atoms with Crippen LogP contribution < -0.4 is 20.9 Å². The van der Waals surface area contributed by atoms with Crippen LogP contribution in [0.25, 0.3) is 72.2 Å². The fourth-order valence-corrected chi connectivity index (χ4v) is 21.7. The van der Waals surface area contributed by atoms with Gasteiger partial charge in [-0.15, -0.1) is 47.0 Å². The van der Waals surface area contributed by atoms with Gasteiger partial charge in [0, 0.05) is 20.9 Å². The van der Waals surface area contributed by atoms with Crippen molar-refractivity contribution in [3.63, 3.8) is 0 Å². The topological polar surface area (TPSA) is 0 Å². The molecule has 0 saturated heterocycles. The van der Waals surface area contributed by atoms with Crippen LogP contribution in [-0.2, 0) is 0 Å². The lowest BCUT2D eigenvalue weighted by molar-refractivity contribution is 1.65. The van der Waals surface area contributed by atoms with E-state index in [1.165, 1.54) is 109 Å². The van der Waals surface area contributed by atoms with E-state index in [0.29, 0.717) is 0 Å². The number of rotatable bonds is 6. The Morgan fingerprint density at radius 1 is 0.345 bits per heavy atom. The minimum atomic E-state index is 1.20. The smallest absolute Gasteiger partial charge is 0.0657 e. The highest BCUT2D eigenvalue weighted by atomic mass is 32.3. The van der Waals surface area contributed by atoms with Crippen LogP contribution in [0.1, 0.15) is 11.1 Å². The van der Waals surface area contributed by atoms with Crippen LogP contribution in [0.2, 0.25) is 0 Å². The molecule has 0 spiro atoms. The molecule has 0 atom stereocenters. The van der Waals surface area contributed by atoms with Gasteiger partial charge in [-0.2, -0.15) is 0 Å². The lowest BCUT2D eigenvalue weighted by Gasteiger charge is -2.12. The standard InChI is InChI=1S/C46H32S12/c1-47-43-44(48-2)56-41(55-43)36-28-10-6-8-12-30(28)38(42-57-45(49-3)46(50-4)58-42)34-24-26(16-18-32(34)36)14-13-25-15-17-31-33(23-25)37(40-53-21-22-54-40)29-11-7-5-9-27(29)35(31)39-51-19-20-52-39/h5-24H,1-4H3/b14-13+. The lowest BCUT2D eigenvalue weighted by atomic mass is 9.96. The Morgan fingerprint density at radius 3 is 0.983 bits per heavy atom. The zero-order valence-electron chi connectivity index (χ0n) is 31.4. The van der Waals surface area contributed by atoms with E-state index in [0.717, 1.165) is 0 Å². The van der Waals surface area contributed by atoms with Gasteiger partial charge < -0.3 is 0 Å². The Morgan fingerprint density at radius 2 is 0.638 bits per heavy atom. The third-order valence-electron chi connectivity index (χ3n) is 10.0. The minimum Gasteiger partial charge on any atom is -0.121 e. The van der Waals surface area contributed by atoms with E-state index >= 15 is 0 Å². The Labute approximate surface area is 389 Å². The predicted molar refractivity (Wildman–Crippen MR) is 291 cm³/mol. The molecule has 12 heteroatoms. The molecule has 4 aliphatic rings. The normalized spacial score (nSPS) is 17.2. The second kappa shape index (κ2) is 17.8. The average Bonchev–Trinajstić information content (AvgIpc) is 4.12. The molecule has 0 radical (unpaired) electrons. The first-order chi connectivity index (χ1) is 28.6. The van der Waals surface area contributed by atoms with Gasteiger partial charge in [-0.05, 0) is 113 Å². The van der Waals surface area contributed by atoms with Crippen molar-refractivity contribution in [3.05, 3.63) is 156 Å². The first kappa shape index (κ1) is 40.8. The van der Waals surface area contributed by atoms with E-state index in [1.54, 1.807) is 0 Å². The molecule has 0 fully saturated rings. The zero-order chi connectivity index (χ0) is 39.3. The van der Waals surface area contributed by atoms with Crippen LogP contribution in [0.15, 0.2) is 124 Å². The highest BCUT2D eigenvalue weighted by Gasteiger charge is 2.26.